The summed E-state index contributed by atoms with van der Waals surface area (Å²) in [5.74, 6) is 0.484. The molecule has 6 heteroatoms. The lowest BCUT2D eigenvalue weighted by Crippen LogP contribution is -2.36. The molecule has 106 valence electrons. The second kappa shape index (κ2) is 6.56. The van der Waals surface area contributed by atoms with E-state index in [4.69, 9.17) is 4.74 Å². The van der Waals surface area contributed by atoms with Gasteiger partial charge in [-0.2, -0.15) is 5.10 Å². The van der Waals surface area contributed by atoms with Crippen molar-refractivity contribution in [3.63, 3.8) is 0 Å². The lowest BCUT2D eigenvalue weighted by Gasteiger charge is -2.15. The molecule has 0 aliphatic heterocycles. The highest BCUT2D eigenvalue weighted by Gasteiger charge is 2.15. The number of hydrogen-bond donors (Lipinski definition) is 1. The van der Waals surface area contributed by atoms with E-state index in [0.717, 1.165) is 10.2 Å². The van der Waals surface area contributed by atoms with Crippen molar-refractivity contribution < 1.29 is 9.53 Å². The summed E-state index contributed by atoms with van der Waals surface area (Å²) in [7, 11) is 1.84. The van der Waals surface area contributed by atoms with Crippen LogP contribution in [0.15, 0.2) is 41.0 Å². The minimum absolute atomic E-state index is 0.165. The maximum atomic E-state index is 12.0. The zero-order valence-electron chi connectivity index (χ0n) is 11.3. The number of ether oxygens (including phenoxy) is 1. The molecule has 1 aromatic carbocycles. The summed E-state index contributed by atoms with van der Waals surface area (Å²) in [5, 5.41) is 6.87. The van der Waals surface area contributed by atoms with Gasteiger partial charge in [0.15, 0.2) is 6.10 Å². The first-order chi connectivity index (χ1) is 9.58. The largest absolute Gasteiger partial charge is 0.480 e. The van der Waals surface area contributed by atoms with Crippen LogP contribution >= 0.6 is 15.9 Å². The lowest BCUT2D eigenvalue weighted by molar-refractivity contribution is -0.127. The van der Waals surface area contributed by atoms with E-state index in [-0.39, 0.29) is 5.91 Å². The standard InChI is InChI=1S/C14H16BrN3O2/c1-10(20-13-6-4-3-5-12(13)15)14(19)16-9-11-7-8-17-18(11)2/h3-8,10H,9H2,1-2H3,(H,16,19)/t10-/m1/s1. The zero-order chi connectivity index (χ0) is 14.5. The van der Waals surface area contributed by atoms with Crippen LogP contribution in [0.4, 0.5) is 0 Å². The molecule has 0 saturated carbocycles. The molecule has 0 radical (unpaired) electrons. The Kier molecular flexibility index (Phi) is 4.79. The fourth-order valence-corrected chi connectivity index (χ4v) is 2.06. The van der Waals surface area contributed by atoms with Crippen LogP contribution in [0.3, 0.4) is 0 Å². The number of nitrogens with one attached hydrogen (secondary N) is 1. The molecule has 1 heterocycles. The van der Waals surface area contributed by atoms with Gasteiger partial charge in [0.25, 0.3) is 5.91 Å². The van der Waals surface area contributed by atoms with Gasteiger partial charge in [0.05, 0.1) is 16.7 Å². The van der Waals surface area contributed by atoms with Crippen molar-refractivity contribution in [1.82, 2.24) is 15.1 Å². The summed E-state index contributed by atoms with van der Waals surface area (Å²) >= 11 is 3.39. The third-order valence-corrected chi connectivity index (χ3v) is 3.53. The molecule has 1 amide bonds. The molecule has 5 nitrogen and oxygen atoms in total. The predicted octanol–water partition coefficient (Wildman–Crippen LogP) is 2.27. The fraction of sp³-hybridized carbons (Fsp3) is 0.286. The van der Waals surface area contributed by atoms with Gasteiger partial charge in [-0.05, 0) is 41.1 Å². The summed E-state index contributed by atoms with van der Waals surface area (Å²) in [6, 6.07) is 9.30. The maximum Gasteiger partial charge on any atom is 0.261 e. The van der Waals surface area contributed by atoms with Crippen LogP contribution in [0.5, 0.6) is 5.75 Å². The van der Waals surface area contributed by atoms with E-state index >= 15 is 0 Å². The van der Waals surface area contributed by atoms with E-state index < -0.39 is 6.10 Å². The lowest BCUT2D eigenvalue weighted by atomic mass is 10.3. The molecule has 1 atom stereocenters. The van der Waals surface area contributed by atoms with E-state index in [1.807, 2.05) is 37.4 Å². The molecule has 0 spiro atoms. The van der Waals surface area contributed by atoms with Crippen LogP contribution < -0.4 is 10.1 Å². The Morgan fingerprint density at radius 3 is 2.85 bits per heavy atom. The Morgan fingerprint density at radius 1 is 1.45 bits per heavy atom. The van der Waals surface area contributed by atoms with Crippen molar-refractivity contribution in [3.8, 4) is 5.75 Å². The smallest absolute Gasteiger partial charge is 0.261 e. The molecule has 0 aliphatic carbocycles. The zero-order valence-corrected chi connectivity index (χ0v) is 12.9. The highest BCUT2D eigenvalue weighted by atomic mass is 79.9. The molecule has 0 fully saturated rings. The molecule has 1 aromatic heterocycles. The number of halogens is 1. The minimum Gasteiger partial charge on any atom is -0.480 e. The summed E-state index contributed by atoms with van der Waals surface area (Å²) in [6.45, 7) is 2.15. The summed E-state index contributed by atoms with van der Waals surface area (Å²) in [4.78, 5) is 12.0. The van der Waals surface area contributed by atoms with E-state index in [9.17, 15) is 4.79 Å². The topological polar surface area (TPSA) is 56.1 Å². The minimum atomic E-state index is -0.568. The predicted molar refractivity (Wildman–Crippen MR) is 79.3 cm³/mol. The first-order valence-corrected chi connectivity index (χ1v) is 7.03. The quantitative estimate of drug-likeness (QED) is 0.910. The van der Waals surface area contributed by atoms with Crippen molar-refractivity contribution in [2.75, 3.05) is 0 Å². The second-order valence-electron chi connectivity index (χ2n) is 4.35. The van der Waals surface area contributed by atoms with Crippen molar-refractivity contribution >= 4 is 21.8 Å². The molecular formula is C14H16BrN3O2. The summed E-state index contributed by atoms with van der Waals surface area (Å²) in [5.41, 5.74) is 0.937. The van der Waals surface area contributed by atoms with Gasteiger partial charge in [-0.25, -0.2) is 0 Å². The fourth-order valence-electron chi connectivity index (χ4n) is 1.68. The highest BCUT2D eigenvalue weighted by Crippen LogP contribution is 2.24. The number of aryl methyl sites for hydroxylation is 1. The van der Waals surface area contributed by atoms with Gasteiger partial charge in [-0.15, -0.1) is 0 Å². The number of benzene rings is 1. The molecule has 0 bridgehead atoms. The molecule has 2 rings (SSSR count). The van der Waals surface area contributed by atoms with Gasteiger partial charge in [-0.3, -0.25) is 9.48 Å². The van der Waals surface area contributed by atoms with Crippen LogP contribution in [0.25, 0.3) is 0 Å². The number of carbonyl (C=O) groups excluding carboxylic acids is 1. The van der Waals surface area contributed by atoms with Crippen LogP contribution in [-0.2, 0) is 18.4 Å². The number of para-hydroxylation sites is 1. The number of rotatable bonds is 5. The third kappa shape index (κ3) is 3.60. The van der Waals surface area contributed by atoms with Crippen LogP contribution in [0.2, 0.25) is 0 Å². The van der Waals surface area contributed by atoms with E-state index in [1.54, 1.807) is 17.8 Å². The van der Waals surface area contributed by atoms with Crippen LogP contribution in [0.1, 0.15) is 12.6 Å². The van der Waals surface area contributed by atoms with Crippen LogP contribution in [-0.4, -0.2) is 21.8 Å². The van der Waals surface area contributed by atoms with Crippen molar-refractivity contribution in [1.29, 1.82) is 0 Å². The van der Waals surface area contributed by atoms with Gasteiger partial charge < -0.3 is 10.1 Å². The summed E-state index contributed by atoms with van der Waals surface area (Å²) < 4.78 is 8.17. The number of carbonyl (C=O) groups is 1. The number of aromatic nitrogens is 2. The monoisotopic (exact) mass is 337 g/mol. The Hall–Kier alpha value is -1.82. The van der Waals surface area contributed by atoms with E-state index in [0.29, 0.717) is 12.3 Å². The molecule has 0 aliphatic rings. The molecule has 0 saturated heterocycles. The van der Waals surface area contributed by atoms with Gasteiger partial charge >= 0.3 is 0 Å². The Labute approximate surface area is 126 Å². The first kappa shape index (κ1) is 14.6. The SMILES string of the molecule is C[C@@H](Oc1ccccc1Br)C(=O)NCc1ccnn1C. The van der Waals surface area contributed by atoms with Gasteiger partial charge in [-0.1, -0.05) is 12.1 Å². The first-order valence-electron chi connectivity index (χ1n) is 6.23. The average molecular weight is 338 g/mol. The average Bonchev–Trinajstić information content (AvgIpc) is 2.84. The van der Waals surface area contributed by atoms with Gasteiger partial charge in [0.1, 0.15) is 5.75 Å². The van der Waals surface area contributed by atoms with Crippen LogP contribution in [0, 0.1) is 0 Å². The number of nitrogens with zero attached hydrogens (tertiary/aromatic N) is 2. The molecular weight excluding hydrogens is 322 g/mol. The Morgan fingerprint density at radius 2 is 2.20 bits per heavy atom. The highest BCUT2D eigenvalue weighted by molar-refractivity contribution is 9.10. The van der Waals surface area contributed by atoms with E-state index in [2.05, 4.69) is 26.3 Å². The number of hydrogen-bond acceptors (Lipinski definition) is 3. The normalized spacial score (nSPS) is 11.9. The van der Waals surface area contributed by atoms with Crippen molar-refractivity contribution in [2.24, 2.45) is 7.05 Å². The second-order valence-corrected chi connectivity index (χ2v) is 5.21. The molecule has 20 heavy (non-hydrogen) atoms. The van der Waals surface area contributed by atoms with E-state index in [1.165, 1.54) is 0 Å². The van der Waals surface area contributed by atoms with Gasteiger partial charge in [0.2, 0.25) is 0 Å². The van der Waals surface area contributed by atoms with Gasteiger partial charge in [0, 0.05) is 13.2 Å². The van der Waals surface area contributed by atoms with Crippen molar-refractivity contribution in [3.05, 3.63) is 46.7 Å². The third-order valence-electron chi connectivity index (χ3n) is 2.88. The maximum absolute atomic E-state index is 12.0. The molecule has 2 aromatic rings. The Balaban J connectivity index is 1.89. The van der Waals surface area contributed by atoms with Crippen molar-refractivity contribution in [2.45, 2.75) is 19.6 Å². The molecule has 0 unspecified atom stereocenters. The number of amides is 1. The summed E-state index contributed by atoms with van der Waals surface area (Å²) in [6.07, 6.45) is 1.13. The Bertz CT molecular complexity index is 598. The molecule has 1 N–H and O–H groups in total.